The molecule has 1 saturated carbocycles. The summed E-state index contributed by atoms with van der Waals surface area (Å²) in [5, 5.41) is 13.6. The fourth-order valence-corrected chi connectivity index (χ4v) is 4.01. The molecule has 0 aromatic carbocycles. The van der Waals surface area contributed by atoms with E-state index in [0.717, 1.165) is 12.8 Å². The normalized spacial score (nSPS) is 34.4. The van der Waals surface area contributed by atoms with E-state index in [-0.39, 0.29) is 12.1 Å². The number of rotatable bonds is 4. The molecule has 2 fully saturated rings. The lowest BCUT2D eigenvalue weighted by Crippen LogP contribution is -2.58. The van der Waals surface area contributed by atoms with Crippen molar-refractivity contribution in [3.63, 3.8) is 0 Å². The first-order chi connectivity index (χ1) is 9.54. The number of aliphatic hydroxyl groups excluding tert-OH is 1. The third kappa shape index (κ3) is 4.17. The van der Waals surface area contributed by atoms with Gasteiger partial charge in [-0.25, -0.2) is 0 Å². The van der Waals surface area contributed by atoms with E-state index in [4.69, 9.17) is 0 Å². The molecule has 1 heterocycles. The highest BCUT2D eigenvalue weighted by atomic mass is 16.3. The van der Waals surface area contributed by atoms with Crippen LogP contribution >= 0.6 is 0 Å². The zero-order valence-corrected chi connectivity index (χ0v) is 13.6. The van der Waals surface area contributed by atoms with Gasteiger partial charge in [0.15, 0.2) is 0 Å². The maximum atomic E-state index is 9.91. The first-order valence-corrected chi connectivity index (χ1v) is 8.36. The maximum Gasteiger partial charge on any atom is 0.0613 e. The van der Waals surface area contributed by atoms with Crippen LogP contribution in [0.15, 0.2) is 0 Å². The van der Waals surface area contributed by atoms with E-state index in [9.17, 15) is 5.11 Å². The minimum absolute atomic E-state index is 0.0463. The molecule has 0 radical (unpaired) electrons. The Morgan fingerprint density at radius 1 is 1.20 bits per heavy atom. The summed E-state index contributed by atoms with van der Waals surface area (Å²) >= 11 is 0. The molecule has 0 aromatic rings. The van der Waals surface area contributed by atoms with Crippen molar-refractivity contribution >= 4 is 0 Å². The van der Waals surface area contributed by atoms with Crippen molar-refractivity contribution in [3.8, 4) is 0 Å². The van der Waals surface area contributed by atoms with Gasteiger partial charge in [-0.15, -0.1) is 0 Å². The average Bonchev–Trinajstić information content (AvgIpc) is 2.63. The molecule has 1 saturated heterocycles. The van der Waals surface area contributed by atoms with E-state index in [1.807, 2.05) is 0 Å². The fourth-order valence-electron chi connectivity index (χ4n) is 4.01. The van der Waals surface area contributed by atoms with Crippen molar-refractivity contribution in [2.24, 2.45) is 0 Å². The molecule has 4 heteroatoms. The second-order valence-corrected chi connectivity index (χ2v) is 7.18. The monoisotopic (exact) mass is 283 g/mol. The quantitative estimate of drug-likeness (QED) is 0.816. The summed E-state index contributed by atoms with van der Waals surface area (Å²) in [5.41, 5.74) is -0.0463. The van der Waals surface area contributed by atoms with Gasteiger partial charge >= 0.3 is 0 Å². The molecule has 2 rings (SSSR count). The highest BCUT2D eigenvalue weighted by molar-refractivity contribution is 4.97. The number of aliphatic hydroxyl groups is 1. The molecule has 2 N–H and O–H groups in total. The molecule has 0 aromatic heterocycles. The van der Waals surface area contributed by atoms with Gasteiger partial charge in [-0.05, 0) is 52.2 Å². The Bertz CT molecular complexity index is 297. The number of nitrogens with zero attached hydrogens (tertiary/aromatic N) is 2. The third-order valence-corrected chi connectivity index (χ3v) is 4.99. The van der Waals surface area contributed by atoms with Crippen LogP contribution in [0, 0.1) is 0 Å². The molecule has 0 amide bonds. The summed E-state index contributed by atoms with van der Waals surface area (Å²) in [6.07, 6.45) is 6.02. The minimum atomic E-state index is -0.0463. The van der Waals surface area contributed by atoms with Gasteiger partial charge in [-0.1, -0.05) is 13.8 Å². The lowest BCUT2D eigenvalue weighted by atomic mass is 9.78. The molecular formula is C16H33N3O. The molecule has 118 valence electrons. The Balaban J connectivity index is 1.98. The van der Waals surface area contributed by atoms with Gasteiger partial charge < -0.3 is 15.3 Å². The van der Waals surface area contributed by atoms with Gasteiger partial charge in [0.2, 0.25) is 0 Å². The Morgan fingerprint density at radius 3 is 2.70 bits per heavy atom. The molecule has 2 unspecified atom stereocenters. The van der Waals surface area contributed by atoms with Crippen molar-refractivity contribution < 1.29 is 5.11 Å². The van der Waals surface area contributed by atoms with E-state index in [2.05, 4.69) is 36.0 Å². The number of hydrogen-bond acceptors (Lipinski definition) is 4. The standard InChI is InChI=1S/C16H33N3O/c1-14(2)17-16(13-20)7-4-6-15(12-16)19-9-5-8-18(3)10-11-19/h14-15,17,20H,4-13H2,1-3H3. The highest BCUT2D eigenvalue weighted by Crippen LogP contribution is 2.32. The molecule has 0 bridgehead atoms. The Morgan fingerprint density at radius 2 is 2.00 bits per heavy atom. The lowest BCUT2D eigenvalue weighted by Gasteiger charge is -2.45. The molecule has 1 aliphatic carbocycles. The van der Waals surface area contributed by atoms with E-state index < -0.39 is 0 Å². The first kappa shape index (κ1) is 16.2. The maximum absolute atomic E-state index is 9.91. The lowest BCUT2D eigenvalue weighted by molar-refractivity contribution is 0.0558. The predicted molar refractivity (Wildman–Crippen MR) is 84.0 cm³/mol. The van der Waals surface area contributed by atoms with Crippen LogP contribution in [0.5, 0.6) is 0 Å². The average molecular weight is 283 g/mol. The zero-order chi connectivity index (χ0) is 14.6. The van der Waals surface area contributed by atoms with Crippen molar-refractivity contribution in [2.45, 2.75) is 63.6 Å². The van der Waals surface area contributed by atoms with Crippen LogP contribution in [0.2, 0.25) is 0 Å². The summed E-state index contributed by atoms with van der Waals surface area (Å²) in [6.45, 7) is 9.45. The molecule has 0 spiro atoms. The molecule has 2 aliphatic rings. The molecule has 2 atom stereocenters. The van der Waals surface area contributed by atoms with E-state index in [0.29, 0.717) is 12.1 Å². The number of likely N-dealkylation sites (N-methyl/N-ethyl adjacent to an activating group) is 1. The third-order valence-electron chi connectivity index (χ3n) is 4.99. The van der Waals surface area contributed by atoms with Crippen LogP contribution in [0.4, 0.5) is 0 Å². The van der Waals surface area contributed by atoms with Crippen LogP contribution in [-0.4, -0.2) is 72.4 Å². The van der Waals surface area contributed by atoms with Crippen LogP contribution in [0.1, 0.15) is 46.0 Å². The first-order valence-electron chi connectivity index (χ1n) is 8.36. The van der Waals surface area contributed by atoms with Gasteiger partial charge in [-0.3, -0.25) is 4.90 Å². The van der Waals surface area contributed by atoms with Gasteiger partial charge in [0.1, 0.15) is 0 Å². The van der Waals surface area contributed by atoms with Crippen LogP contribution in [0.25, 0.3) is 0 Å². The second-order valence-electron chi connectivity index (χ2n) is 7.18. The van der Waals surface area contributed by atoms with Crippen molar-refractivity contribution in [1.82, 2.24) is 15.1 Å². The zero-order valence-electron chi connectivity index (χ0n) is 13.6. The molecule has 4 nitrogen and oxygen atoms in total. The second kappa shape index (κ2) is 7.21. The summed E-state index contributed by atoms with van der Waals surface area (Å²) in [4.78, 5) is 5.11. The van der Waals surface area contributed by atoms with Gasteiger partial charge in [0.25, 0.3) is 0 Å². The topological polar surface area (TPSA) is 38.7 Å². The van der Waals surface area contributed by atoms with E-state index in [1.165, 1.54) is 45.4 Å². The molecule has 20 heavy (non-hydrogen) atoms. The number of nitrogens with one attached hydrogen (secondary N) is 1. The van der Waals surface area contributed by atoms with Gasteiger partial charge in [0.05, 0.1) is 6.61 Å². The van der Waals surface area contributed by atoms with Crippen LogP contribution in [0.3, 0.4) is 0 Å². The predicted octanol–water partition coefficient (Wildman–Crippen LogP) is 1.30. The van der Waals surface area contributed by atoms with Crippen LogP contribution in [-0.2, 0) is 0 Å². The Labute approximate surface area is 124 Å². The fraction of sp³-hybridized carbons (Fsp3) is 1.00. The Hall–Kier alpha value is -0.160. The Kier molecular flexibility index (Phi) is 5.84. The number of hydrogen-bond donors (Lipinski definition) is 2. The summed E-state index contributed by atoms with van der Waals surface area (Å²) in [5.74, 6) is 0. The van der Waals surface area contributed by atoms with Crippen molar-refractivity contribution in [1.29, 1.82) is 0 Å². The summed E-state index contributed by atoms with van der Waals surface area (Å²) < 4.78 is 0. The minimum Gasteiger partial charge on any atom is -0.394 e. The smallest absolute Gasteiger partial charge is 0.0613 e. The van der Waals surface area contributed by atoms with Gasteiger partial charge in [-0.2, -0.15) is 0 Å². The molecule has 1 aliphatic heterocycles. The van der Waals surface area contributed by atoms with E-state index >= 15 is 0 Å². The SMILES string of the molecule is CC(C)NC1(CO)CCCC(N2CCCN(C)CC2)C1. The molecular weight excluding hydrogens is 250 g/mol. The summed E-state index contributed by atoms with van der Waals surface area (Å²) in [7, 11) is 2.22. The largest absolute Gasteiger partial charge is 0.394 e. The summed E-state index contributed by atoms with van der Waals surface area (Å²) in [6, 6.07) is 1.09. The van der Waals surface area contributed by atoms with Crippen molar-refractivity contribution in [3.05, 3.63) is 0 Å². The van der Waals surface area contributed by atoms with Crippen LogP contribution < -0.4 is 5.32 Å². The van der Waals surface area contributed by atoms with Gasteiger partial charge in [0, 0.05) is 30.7 Å². The highest BCUT2D eigenvalue weighted by Gasteiger charge is 2.38. The van der Waals surface area contributed by atoms with Crippen molar-refractivity contribution in [2.75, 3.05) is 39.8 Å². The van der Waals surface area contributed by atoms with E-state index in [1.54, 1.807) is 0 Å².